The van der Waals surface area contributed by atoms with E-state index in [1.54, 1.807) is 0 Å². The first-order valence-electron chi connectivity index (χ1n) is 0.447. The molecule has 0 spiro atoms. The van der Waals surface area contributed by atoms with Crippen molar-refractivity contribution >= 4 is 48.9 Å². The van der Waals surface area contributed by atoms with E-state index < -0.39 is 0 Å². The Morgan fingerprint density at radius 2 is 1.25 bits per heavy atom. The minimum Gasteiger partial charge on any atom is -0.400 e. The maximum absolute atomic E-state index is 7.00. The molecule has 0 aliphatic carbocycles. The Kier molecular flexibility index (Phi) is 76.5. The summed E-state index contributed by atoms with van der Waals surface area (Å²) in [5.41, 5.74) is 0. The topological polar surface area (TPSA) is 20.2 Å². The predicted molar refractivity (Wildman–Crippen MR) is 13.9 cm³/mol. The first-order valence-corrected chi connectivity index (χ1v) is 0.447. The molecule has 0 saturated carbocycles. The number of aliphatic hydroxyl groups excluding tert-OH is 1. The van der Waals surface area contributed by atoms with Crippen molar-refractivity contribution in [3.05, 3.63) is 0 Å². The van der Waals surface area contributed by atoms with E-state index >= 15 is 0 Å². The van der Waals surface area contributed by atoms with Crippen molar-refractivity contribution in [1.29, 1.82) is 0 Å². The van der Waals surface area contributed by atoms with Crippen molar-refractivity contribution in [2.75, 3.05) is 7.11 Å². The fourth-order valence-corrected chi connectivity index (χ4v) is 0. The van der Waals surface area contributed by atoms with E-state index in [9.17, 15) is 0 Å². The zero-order chi connectivity index (χ0) is 2.00. The number of hydrogen-bond donors (Lipinski definition) is 1. The van der Waals surface area contributed by atoms with Gasteiger partial charge in [0.2, 0.25) is 0 Å². The molecule has 0 aliphatic heterocycles. The Labute approximate surface area is 81.1 Å². The van der Waals surface area contributed by atoms with Crippen molar-refractivity contribution in [1.82, 2.24) is 0 Å². The molecule has 0 atom stereocenters. The Hall–Kier alpha value is 2.25. The van der Waals surface area contributed by atoms with Crippen LogP contribution in [0.25, 0.3) is 0 Å². The summed E-state index contributed by atoms with van der Waals surface area (Å²) < 4.78 is 0. The summed E-state index contributed by atoms with van der Waals surface area (Å²) in [7, 11) is 1.00. The largest absolute Gasteiger partial charge is 0.400 e. The molecule has 0 aromatic carbocycles. The first kappa shape index (κ1) is 16.3. The Morgan fingerprint density at radius 3 is 1.25 bits per heavy atom. The molecule has 0 aromatic heterocycles. The molecule has 0 fully saturated rings. The van der Waals surface area contributed by atoms with Gasteiger partial charge in [0.1, 0.15) is 0 Å². The summed E-state index contributed by atoms with van der Waals surface area (Å²) in [6, 6.07) is 0. The zero-order valence-corrected chi connectivity index (χ0v) is 8.66. The van der Waals surface area contributed by atoms with Crippen LogP contribution in [0.4, 0.5) is 0 Å². The molecule has 3 heteroatoms. The van der Waals surface area contributed by atoms with Crippen molar-refractivity contribution in [2.24, 2.45) is 0 Å². The first-order chi connectivity index (χ1) is 1.00. The smallest absolute Gasteiger partial charge is 0.0319 e. The van der Waals surface area contributed by atoms with Crippen molar-refractivity contribution in [3.8, 4) is 0 Å². The fourth-order valence-electron chi connectivity index (χ4n) is 0. The van der Waals surface area contributed by atoms with Crippen LogP contribution in [-0.2, 0) is 21.7 Å². The van der Waals surface area contributed by atoms with Gasteiger partial charge in [-0.3, -0.25) is 0 Å². The molecule has 0 aromatic rings. The maximum atomic E-state index is 7.00. The van der Waals surface area contributed by atoms with E-state index in [2.05, 4.69) is 0 Å². The van der Waals surface area contributed by atoms with Gasteiger partial charge >= 0.3 is 0 Å². The van der Waals surface area contributed by atoms with E-state index in [0.717, 1.165) is 7.11 Å². The van der Waals surface area contributed by atoms with Gasteiger partial charge in [0.25, 0.3) is 0 Å². The van der Waals surface area contributed by atoms with Crippen LogP contribution < -0.4 is 0 Å². The van der Waals surface area contributed by atoms with Crippen LogP contribution in [0.2, 0.25) is 0 Å². The fraction of sp³-hybridized carbons (Fsp3) is 1.00. The minimum atomic E-state index is 0. The van der Waals surface area contributed by atoms with Gasteiger partial charge < -0.3 is 5.11 Å². The van der Waals surface area contributed by atoms with E-state index in [0.29, 0.717) is 0 Å². The van der Waals surface area contributed by atoms with E-state index in [-0.39, 0.29) is 70.6 Å². The second-order valence-electron chi connectivity index (χ2n) is 0. The van der Waals surface area contributed by atoms with Crippen LogP contribution >= 0.6 is 0 Å². The molecular formula is CH4BaOTi. The molecule has 0 rings (SSSR count). The van der Waals surface area contributed by atoms with Crippen LogP contribution in [0.5, 0.6) is 0 Å². The molecule has 0 aliphatic rings. The summed E-state index contributed by atoms with van der Waals surface area (Å²) >= 11 is 0. The molecule has 1 N–H and O–H groups in total. The van der Waals surface area contributed by atoms with Crippen molar-refractivity contribution < 1.29 is 26.8 Å². The average Bonchev–Trinajstić information content (AvgIpc) is 1.00. The van der Waals surface area contributed by atoms with Crippen LogP contribution in [0.15, 0.2) is 0 Å². The molecule has 20 valence electrons. The normalized spacial score (nSPS) is 1.50. The second kappa shape index (κ2) is 18.7. The molecule has 4 heavy (non-hydrogen) atoms. The van der Waals surface area contributed by atoms with Gasteiger partial charge in [-0.2, -0.15) is 0 Å². The molecule has 0 bridgehead atoms. The molecule has 2 radical (unpaired) electrons. The second-order valence-corrected chi connectivity index (χ2v) is 0. The van der Waals surface area contributed by atoms with Crippen LogP contribution in [0.3, 0.4) is 0 Å². The van der Waals surface area contributed by atoms with E-state index in [1.165, 1.54) is 0 Å². The summed E-state index contributed by atoms with van der Waals surface area (Å²) in [5, 5.41) is 7.00. The summed E-state index contributed by atoms with van der Waals surface area (Å²) in [6.45, 7) is 0. The van der Waals surface area contributed by atoms with Gasteiger partial charge in [0.05, 0.1) is 0 Å². The quantitative estimate of drug-likeness (QED) is 0.528. The Morgan fingerprint density at radius 1 is 1.25 bits per heavy atom. The van der Waals surface area contributed by atoms with Crippen LogP contribution in [0, 0.1) is 0 Å². The molecular weight excluding hydrogens is 213 g/mol. The molecule has 0 amide bonds. The standard InChI is InChI=1S/CH4O.Ba.Ti/c1-2;;/h2H,1H3;;. The van der Waals surface area contributed by atoms with E-state index in [1.807, 2.05) is 0 Å². The predicted octanol–water partition coefficient (Wildman–Crippen LogP) is -0.775. The van der Waals surface area contributed by atoms with Gasteiger partial charge in [-0.1, -0.05) is 0 Å². The molecule has 0 saturated heterocycles. The SMILES string of the molecule is CO.[Ba].[Ti]. The maximum Gasteiger partial charge on any atom is 0.0319 e. The van der Waals surface area contributed by atoms with Gasteiger partial charge in [0.15, 0.2) is 0 Å². The van der Waals surface area contributed by atoms with Crippen LogP contribution in [0.1, 0.15) is 0 Å². The van der Waals surface area contributed by atoms with Gasteiger partial charge in [-0.15, -0.1) is 0 Å². The zero-order valence-electron chi connectivity index (χ0n) is 2.65. The minimum absolute atomic E-state index is 0. The monoisotopic (exact) mass is 218 g/mol. The van der Waals surface area contributed by atoms with Crippen LogP contribution in [-0.4, -0.2) is 61.1 Å². The summed E-state index contributed by atoms with van der Waals surface area (Å²) in [5.74, 6) is 0. The number of aliphatic hydroxyl groups is 1. The van der Waals surface area contributed by atoms with Gasteiger partial charge in [-0.25, -0.2) is 0 Å². The Balaban J connectivity index is -0.00000000500. The third-order valence-corrected chi connectivity index (χ3v) is 0. The average molecular weight is 217 g/mol. The molecule has 1 nitrogen and oxygen atoms in total. The van der Waals surface area contributed by atoms with Crippen molar-refractivity contribution in [2.45, 2.75) is 0 Å². The molecule has 0 heterocycles. The summed E-state index contributed by atoms with van der Waals surface area (Å²) in [4.78, 5) is 0. The Bertz CT molecular complexity index is 8.00. The van der Waals surface area contributed by atoms with Gasteiger partial charge in [0, 0.05) is 77.7 Å². The van der Waals surface area contributed by atoms with Gasteiger partial charge in [-0.05, 0) is 0 Å². The third kappa shape index (κ3) is 8.87. The summed E-state index contributed by atoms with van der Waals surface area (Å²) in [6.07, 6.45) is 0. The molecule has 0 unspecified atom stereocenters. The third-order valence-electron chi connectivity index (χ3n) is 0. The van der Waals surface area contributed by atoms with Crippen molar-refractivity contribution in [3.63, 3.8) is 0 Å². The number of hydrogen-bond acceptors (Lipinski definition) is 1. The van der Waals surface area contributed by atoms with E-state index in [4.69, 9.17) is 5.11 Å². The number of rotatable bonds is 0.